The number of benzene rings is 1. The Labute approximate surface area is 98.3 Å². The molecule has 0 aliphatic carbocycles. The molecular formula is C10H13NO4S. The van der Waals surface area contributed by atoms with E-state index < -0.39 is 17.1 Å². The quantitative estimate of drug-likeness (QED) is 0.422. The van der Waals surface area contributed by atoms with E-state index in [1.807, 2.05) is 0 Å². The highest BCUT2D eigenvalue weighted by atomic mass is 32.1. The highest BCUT2D eigenvalue weighted by molar-refractivity contribution is 7.80. The Morgan fingerprint density at radius 2 is 2.12 bits per heavy atom. The third kappa shape index (κ3) is 2.72. The molecule has 1 rings (SSSR count). The van der Waals surface area contributed by atoms with Crippen molar-refractivity contribution in [1.29, 1.82) is 0 Å². The van der Waals surface area contributed by atoms with Crippen molar-refractivity contribution in [1.82, 2.24) is 0 Å². The van der Waals surface area contributed by atoms with Gasteiger partial charge in [-0.3, -0.25) is 10.1 Å². The van der Waals surface area contributed by atoms with Crippen molar-refractivity contribution in [2.24, 2.45) is 0 Å². The van der Waals surface area contributed by atoms with Crippen LogP contribution in [-0.4, -0.2) is 27.0 Å². The van der Waals surface area contributed by atoms with Crippen LogP contribution in [0.25, 0.3) is 0 Å². The summed E-state index contributed by atoms with van der Waals surface area (Å²) < 4.78 is 0. The van der Waals surface area contributed by atoms with E-state index in [2.05, 4.69) is 12.6 Å². The number of aliphatic hydroxyl groups excluding tert-OH is 2. The maximum absolute atomic E-state index is 10.7. The molecule has 0 fully saturated rings. The highest BCUT2D eigenvalue weighted by Gasteiger charge is 2.25. The Kier molecular flexibility index (Phi) is 4.28. The minimum atomic E-state index is -1.29. The molecule has 0 saturated carbocycles. The maximum atomic E-state index is 10.7. The van der Waals surface area contributed by atoms with Crippen LogP contribution in [0, 0.1) is 17.0 Å². The number of hydrogen-bond acceptors (Lipinski definition) is 5. The molecule has 5 nitrogen and oxygen atoms in total. The first-order valence-corrected chi connectivity index (χ1v) is 5.32. The second-order valence-corrected chi connectivity index (χ2v) is 3.88. The average Bonchev–Trinajstić information content (AvgIpc) is 2.26. The second-order valence-electron chi connectivity index (χ2n) is 3.51. The van der Waals surface area contributed by atoms with Crippen LogP contribution in [0.2, 0.25) is 0 Å². The van der Waals surface area contributed by atoms with Gasteiger partial charge in [-0.15, -0.1) is 0 Å². The fraction of sp³-hybridized carbons (Fsp3) is 0.400. The maximum Gasteiger partial charge on any atom is 0.275 e. The van der Waals surface area contributed by atoms with Crippen LogP contribution >= 0.6 is 12.6 Å². The number of nitrogens with zero attached hydrogens (tertiary/aromatic N) is 1. The number of hydrogen-bond donors (Lipinski definition) is 3. The molecule has 2 N–H and O–H groups in total. The van der Waals surface area contributed by atoms with Crippen LogP contribution in [0.5, 0.6) is 0 Å². The third-order valence-electron chi connectivity index (χ3n) is 2.25. The molecule has 0 aliphatic heterocycles. The minimum Gasteiger partial charge on any atom is -0.389 e. The Bertz CT molecular complexity index is 396. The molecule has 0 bridgehead atoms. The topological polar surface area (TPSA) is 83.6 Å². The van der Waals surface area contributed by atoms with Gasteiger partial charge >= 0.3 is 0 Å². The van der Waals surface area contributed by atoms with Crippen molar-refractivity contribution in [2.45, 2.75) is 19.1 Å². The van der Waals surface area contributed by atoms with Gasteiger partial charge in [-0.25, -0.2) is 0 Å². The van der Waals surface area contributed by atoms with Crippen molar-refractivity contribution in [3.05, 3.63) is 39.4 Å². The van der Waals surface area contributed by atoms with Gasteiger partial charge in [0.25, 0.3) is 5.69 Å². The summed E-state index contributed by atoms with van der Waals surface area (Å²) in [6.07, 6.45) is -2.42. The summed E-state index contributed by atoms with van der Waals surface area (Å²) in [5, 5.41) is 29.9. The van der Waals surface area contributed by atoms with E-state index in [9.17, 15) is 20.3 Å². The van der Waals surface area contributed by atoms with Gasteiger partial charge in [0.05, 0.1) is 16.6 Å². The van der Waals surface area contributed by atoms with E-state index >= 15 is 0 Å². The second kappa shape index (κ2) is 5.29. The molecule has 1 aromatic carbocycles. The van der Waals surface area contributed by atoms with Crippen molar-refractivity contribution < 1.29 is 15.1 Å². The summed E-state index contributed by atoms with van der Waals surface area (Å²) in [5.41, 5.74) is 0.705. The lowest BCUT2D eigenvalue weighted by Crippen LogP contribution is -2.20. The normalized spacial score (nSPS) is 14.5. The number of aliphatic hydroxyl groups is 2. The largest absolute Gasteiger partial charge is 0.389 e. The highest BCUT2D eigenvalue weighted by Crippen LogP contribution is 2.28. The van der Waals surface area contributed by atoms with Gasteiger partial charge in [-0.1, -0.05) is 11.6 Å². The molecular weight excluding hydrogens is 230 g/mol. The third-order valence-corrected chi connectivity index (χ3v) is 2.62. The first-order valence-electron chi connectivity index (χ1n) is 4.69. The van der Waals surface area contributed by atoms with E-state index in [1.165, 1.54) is 12.1 Å². The molecule has 0 amide bonds. The number of nitro groups is 1. The summed E-state index contributed by atoms with van der Waals surface area (Å²) in [6, 6.07) is 4.40. The SMILES string of the molecule is Cc1ccc([N+](=O)[O-])c(C(O)C(O)CS)c1. The molecule has 2 unspecified atom stereocenters. The fourth-order valence-electron chi connectivity index (χ4n) is 1.38. The molecule has 1 aromatic rings. The predicted octanol–water partition coefficient (Wildman–Crippen LogP) is 1.23. The standard InChI is InChI=1S/C10H13NO4S/c1-6-2-3-8(11(14)15)7(4-6)10(13)9(12)5-16/h2-4,9-10,12-13,16H,5H2,1H3. The molecule has 0 saturated heterocycles. The number of aryl methyl sites for hydroxylation is 1. The number of thiol groups is 1. The van der Waals surface area contributed by atoms with Gasteiger partial charge in [0.1, 0.15) is 6.10 Å². The first-order chi connectivity index (χ1) is 7.47. The summed E-state index contributed by atoms with van der Waals surface area (Å²) in [7, 11) is 0. The van der Waals surface area contributed by atoms with Crippen LogP contribution in [0.3, 0.4) is 0 Å². The van der Waals surface area contributed by atoms with E-state index in [0.717, 1.165) is 5.56 Å². The lowest BCUT2D eigenvalue weighted by Gasteiger charge is -2.16. The van der Waals surface area contributed by atoms with Gasteiger partial charge in [-0.05, 0) is 13.0 Å². The van der Waals surface area contributed by atoms with Crippen molar-refractivity contribution >= 4 is 18.3 Å². The molecule has 16 heavy (non-hydrogen) atoms. The Morgan fingerprint density at radius 3 is 2.62 bits per heavy atom. The van der Waals surface area contributed by atoms with Gasteiger partial charge in [0.15, 0.2) is 0 Å². The summed E-state index contributed by atoms with van der Waals surface area (Å²) >= 11 is 3.84. The number of nitro benzene ring substituents is 1. The zero-order valence-corrected chi connectivity index (χ0v) is 9.59. The van der Waals surface area contributed by atoms with Gasteiger partial charge in [-0.2, -0.15) is 12.6 Å². The summed E-state index contributed by atoms with van der Waals surface area (Å²) in [6.45, 7) is 1.76. The van der Waals surface area contributed by atoms with Crippen molar-refractivity contribution in [3.63, 3.8) is 0 Å². The van der Waals surface area contributed by atoms with Crippen molar-refractivity contribution in [3.8, 4) is 0 Å². The molecule has 0 spiro atoms. The van der Waals surface area contributed by atoms with Gasteiger partial charge < -0.3 is 10.2 Å². The molecule has 88 valence electrons. The zero-order chi connectivity index (χ0) is 12.3. The van der Waals surface area contributed by atoms with Crippen LogP contribution in [-0.2, 0) is 0 Å². The zero-order valence-electron chi connectivity index (χ0n) is 8.70. The lowest BCUT2D eigenvalue weighted by atomic mass is 10.0. The smallest absolute Gasteiger partial charge is 0.275 e. The molecule has 6 heteroatoms. The van der Waals surface area contributed by atoms with E-state index in [4.69, 9.17) is 0 Å². The van der Waals surface area contributed by atoms with Crippen LogP contribution < -0.4 is 0 Å². The Morgan fingerprint density at radius 1 is 1.50 bits per heavy atom. The van der Waals surface area contributed by atoms with Crippen molar-refractivity contribution in [2.75, 3.05) is 5.75 Å². The average molecular weight is 243 g/mol. The predicted molar refractivity (Wildman–Crippen MR) is 62.7 cm³/mol. The Balaban J connectivity index is 3.19. The molecule has 0 heterocycles. The first kappa shape index (κ1) is 13.0. The lowest BCUT2D eigenvalue weighted by molar-refractivity contribution is -0.386. The minimum absolute atomic E-state index is 0.0340. The summed E-state index contributed by atoms with van der Waals surface area (Å²) in [4.78, 5) is 10.2. The van der Waals surface area contributed by atoms with Crippen LogP contribution in [0.15, 0.2) is 18.2 Å². The van der Waals surface area contributed by atoms with Crippen LogP contribution in [0.1, 0.15) is 17.2 Å². The van der Waals surface area contributed by atoms with Gasteiger partial charge in [0.2, 0.25) is 0 Å². The van der Waals surface area contributed by atoms with E-state index in [1.54, 1.807) is 13.0 Å². The van der Waals surface area contributed by atoms with E-state index in [-0.39, 0.29) is 17.0 Å². The van der Waals surface area contributed by atoms with Gasteiger partial charge in [0, 0.05) is 11.8 Å². The number of rotatable bonds is 4. The fourth-order valence-corrected chi connectivity index (χ4v) is 1.58. The molecule has 2 atom stereocenters. The molecule has 0 radical (unpaired) electrons. The monoisotopic (exact) mass is 243 g/mol. The molecule has 0 aliphatic rings. The summed E-state index contributed by atoms with van der Waals surface area (Å²) in [5.74, 6) is 0.0340. The van der Waals surface area contributed by atoms with E-state index in [0.29, 0.717) is 0 Å². The Hall–Kier alpha value is -1.11. The van der Waals surface area contributed by atoms with Crippen LogP contribution in [0.4, 0.5) is 5.69 Å². The molecule has 0 aromatic heterocycles.